The summed E-state index contributed by atoms with van der Waals surface area (Å²) >= 11 is 0. The van der Waals surface area contributed by atoms with Gasteiger partial charge in [0.2, 0.25) is 0 Å². The first-order valence-corrected chi connectivity index (χ1v) is 5.94. The molecule has 0 saturated heterocycles. The van der Waals surface area contributed by atoms with E-state index in [-0.39, 0.29) is 18.5 Å². The largest absolute Gasteiger partial charge is 0.508 e. The number of phenolic OH excluding ortho intramolecular Hbond substituents is 1. The lowest BCUT2D eigenvalue weighted by atomic mass is 9.93. The fraction of sp³-hybridized carbons (Fsp3) is 0.538. The lowest BCUT2D eigenvalue weighted by Gasteiger charge is -2.26. The first-order chi connectivity index (χ1) is 7.75. The molecular formula is C13H20ClNO2. The minimum atomic E-state index is -0.108. The van der Waals surface area contributed by atoms with E-state index in [2.05, 4.69) is 5.32 Å². The first-order valence-electron chi connectivity index (χ1n) is 5.94. The van der Waals surface area contributed by atoms with Crippen molar-refractivity contribution < 1.29 is 10.2 Å². The van der Waals surface area contributed by atoms with Gasteiger partial charge in [-0.15, -0.1) is 12.4 Å². The van der Waals surface area contributed by atoms with Crippen molar-refractivity contribution in [2.45, 2.75) is 44.4 Å². The number of para-hydroxylation sites is 1. The maximum atomic E-state index is 9.60. The Hall–Kier alpha value is -0.770. The van der Waals surface area contributed by atoms with Gasteiger partial charge in [-0.1, -0.05) is 18.2 Å². The number of aromatic hydroxyl groups is 1. The van der Waals surface area contributed by atoms with E-state index in [1.807, 2.05) is 18.2 Å². The van der Waals surface area contributed by atoms with Crippen molar-refractivity contribution in [3.8, 4) is 5.75 Å². The van der Waals surface area contributed by atoms with Crippen LogP contribution >= 0.6 is 12.4 Å². The predicted octanol–water partition coefficient (Wildman–Crippen LogP) is 2.21. The Balaban J connectivity index is 0.00000144. The molecule has 0 heterocycles. The molecule has 2 rings (SSSR count). The second kappa shape index (κ2) is 6.84. The minimum Gasteiger partial charge on any atom is -0.508 e. The van der Waals surface area contributed by atoms with E-state index >= 15 is 0 Å². The van der Waals surface area contributed by atoms with Gasteiger partial charge in [0.05, 0.1) is 6.10 Å². The zero-order valence-electron chi connectivity index (χ0n) is 9.80. The molecule has 3 N–H and O–H groups in total. The molecule has 96 valence electrons. The van der Waals surface area contributed by atoms with Crippen LogP contribution in [0, 0.1) is 0 Å². The molecule has 0 atom stereocenters. The van der Waals surface area contributed by atoms with Gasteiger partial charge in [0.1, 0.15) is 5.75 Å². The number of aliphatic hydroxyl groups excluding tert-OH is 1. The summed E-state index contributed by atoms with van der Waals surface area (Å²) in [6.45, 7) is 0.702. The molecule has 0 unspecified atom stereocenters. The molecule has 1 fully saturated rings. The number of rotatable bonds is 3. The number of hydrogen-bond acceptors (Lipinski definition) is 3. The quantitative estimate of drug-likeness (QED) is 0.778. The van der Waals surface area contributed by atoms with Crippen LogP contribution in [0.2, 0.25) is 0 Å². The zero-order valence-corrected chi connectivity index (χ0v) is 10.6. The number of hydrogen-bond donors (Lipinski definition) is 3. The molecule has 0 aromatic heterocycles. The summed E-state index contributed by atoms with van der Waals surface area (Å²) in [7, 11) is 0. The smallest absolute Gasteiger partial charge is 0.120 e. The van der Waals surface area contributed by atoms with Crippen molar-refractivity contribution in [3.05, 3.63) is 29.8 Å². The number of nitrogens with one attached hydrogen (secondary N) is 1. The van der Waals surface area contributed by atoms with Crippen LogP contribution < -0.4 is 5.32 Å². The van der Waals surface area contributed by atoms with Crippen molar-refractivity contribution in [2.24, 2.45) is 0 Å². The molecule has 0 amide bonds. The average Bonchev–Trinajstić information content (AvgIpc) is 2.30. The molecule has 17 heavy (non-hydrogen) atoms. The second-order valence-corrected chi connectivity index (χ2v) is 4.52. The molecule has 0 aliphatic heterocycles. The summed E-state index contributed by atoms with van der Waals surface area (Å²) in [5.74, 6) is 0.353. The van der Waals surface area contributed by atoms with E-state index in [1.165, 1.54) is 0 Å². The Morgan fingerprint density at radius 2 is 1.76 bits per heavy atom. The molecule has 1 saturated carbocycles. The van der Waals surface area contributed by atoms with Crippen LogP contribution in [0.4, 0.5) is 0 Å². The topological polar surface area (TPSA) is 52.5 Å². The summed E-state index contributed by atoms with van der Waals surface area (Å²) in [5.41, 5.74) is 0.939. The lowest BCUT2D eigenvalue weighted by molar-refractivity contribution is 0.116. The Bertz CT molecular complexity index is 338. The zero-order chi connectivity index (χ0) is 11.4. The van der Waals surface area contributed by atoms with Gasteiger partial charge in [0, 0.05) is 18.2 Å². The lowest BCUT2D eigenvalue weighted by Crippen LogP contribution is -2.34. The number of halogens is 1. The molecule has 1 aliphatic rings. The molecular weight excluding hydrogens is 238 g/mol. The normalized spacial score (nSPS) is 24.1. The van der Waals surface area contributed by atoms with Gasteiger partial charge in [0.25, 0.3) is 0 Å². The van der Waals surface area contributed by atoms with Crippen LogP contribution in [0.1, 0.15) is 31.2 Å². The molecule has 4 heteroatoms. The minimum absolute atomic E-state index is 0. The molecule has 3 nitrogen and oxygen atoms in total. The van der Waals surface area contributed by atoms with E-state index in [0.29, 0.717) is 18.3 Å². The number of phenols is 1. The van der Waals surface area contributed by atoms with Gasteiger partial charge in [-0.2, -0.15) is 0 Å². The molecule has 0 spiro atoms. The van der Waals surface area contributed by atoms with Gasteiger partial charge in [0.15, 0.2) is 0 Å². The summed E-state index contributed by atoms with van der Waals surface area (Å²) in [6, 6.07) is 7.88. The Morgan fingerprint density at radius 1 is 1.12 bits per heavy atom. The second-order valence-electron chi connectivity index (χ2n) is 4.52. The maximum Gasteiger partial charge on any atom is 0.120 e. The fourth-order valence-corrected chi connectivity index (χ4v) is 2.19. The predicted molar refractivity (Wildman–Crippen MR) is 70.5 cm³/mol. The van der Waals surface area contributed by atoms with Crippen LogP contribution in [0.3, 0.4) is 0 Å². The molecule has 1 aliphatic carbocycles. The molecule has 0 radical (unpaired) electrons. The van der Waals surface area contributed by atoms with Crippen molar-refractivity contribution >= 4 is 12.4 Å². The van der Waals surface area contributed by atoms with E-state index < -0.39 is 0 Å². The fourth-order valence-electron chi connectivity index (χ4n) is 2.19. The summed E-state index contributed by atoms with van der Waals surface area (Å²) < 4.78 is 0. The Morgan fingerprint density at radius 3 is 2.41 bits per heavy atom. The Labute approximate surface area is 108 Å². The Kier molecular flexibility index (Phi) is 5.75. The van der Waals surface area contributed by atoms with Crippen molar-refractivity contribution in [3.63, 3.8) is 0 Å². The van der Waals surface area contributed by atoms with Crippen LogP contribution in [0.15, 0.2) is 24.3 Å². The highest BCUT2D eigenvalue weighted by Crippen LogP contribution is 2.20. The highest BCUT2D eigenvalue weighted by Gasteiger charge is 2.18. The van der Waals surface area contributed by atoms with Gasteiger partial charge >= 0.3 is 0 Å². The standard InChI is InChI=1S/C13H19NO2.ClH/c15-12-7-5-11(6-8-12)14-9-10-3-1-2-4-13(10)16;/h1-4,11-12,14-16H,5-9H2;1H. The average molecular weight is 258 g/mol. The summed E-state index contributed by atoms with van der Waals surface area (Å²) in [4.78, 5) is 0. The highest BCUT2D eigenvalue weighted by atomic mass is 35.5. The highest BCUT2D eigenvalue weighted by molar-refractivity contribution is 5.85. The van der Waals surface area contributed by atoms with Gasteiger partial charge in [-0.05, 0) is 31.7 Å². The van der Waals surface area contributed by atoms with E-state index in [1.54, 1.807) is 6.07 Å². The third kappa shape index (κ3) is 4.19. The van der Waals surface area contributed by atoms with Crippen LogP contribution in [0.25, 0.3) is 0 Å². The van der Waals surface area contributed by atoms with E-state index in [9.17, 15) is 10.2 Å². The van der Waals surface area contributed by atoms with Crippen LogP contribution in [-0.2, 0) is 6.54 Å². The summed E-state index contributed by atoms with van der Waals surface area (Å²) in [6.07, 6.45) is 3.71. The number of benzene rings is 1. The van der Waals surface area contributed by atoms with Crippen LogP contribution in [-0.4, -0.2) is 22.4 Å². The van der Waals surface area contributed by atoms with E-state index in [0.717, 1.165) is 31.2 Å². The molecule has 1 aromatic carbocycles. The summed E-state index contributed by atoms with van der Waals surface area (Å²) in [5, 5.41) is 22.4. The van der Waals surface area contributed by atoms with Crippen LogP contribution in [0.5, 0.6) is 5.75 Å². The molecule has 1 aromatic rings. The number of aliphatic hydroxyl groups is 1. The first kappa shape index (κ1) is 14.3. The maximum absolute atomic E-state index is 9.60. The third-order valence-electron chi connectivity index (χ3n) is 3.27. The molecule has 0 bridgehead atoms. The van der Waals surface area contributed by atoms with Crippen molar-refractivity contribution in [1.29, 1.82) is 0 Å². The van der Waals surface area contributed by atoms with Crippen molar-refractivity contribution in [2.75, 3.05) is 0 Å². The van der Waals surface area contributed by atoms with Crippen molar-refractivity contribution in [1.82, 2.24) is 5.32 Å². The SMILES string of the molecule is Cl.Oc1ccccc1CNC1CCC(O)CC1. The van der Waals surface area contributed by atoms with E-state index in [4.69, 9.17) is 0 Å². The van der Waals surface area contributed by atoms with Gasteiger partial charge < -0.3 is 15.5 Å². The monoisotopic (exact) mass is 257 g/mol. The van der Waals surface area contributed by atoms with Gasteiger partial charge in [-0.25, -0.2) is 0 Å². The van der Waals surface area contributed by atoms with Gasteiger partial charge in [-0.3, -0.25) is 0 Å². The third-order valence-corrected chi connectivity index (χ3v) is 3.27.